The van der Waals surface area contributed by atoms with Gasteiger partial charge < -0.3 is 0 Å². The van der Waals surface area contributed by atoms with E-state index in [0.717, 1.165) is 0 Å². The number of aromatic nitrogens is 1. The smallest absolute Gasteiger partial charge is 0.273 e. The first kappa shape index (κ1) is 11.9. The van der Waals surface area contributed by atoms with Gasteiger partial charge in [-0.1, -0.05) is 18.2 Å². The summed E-state index contributed by atoms with van der Waals surface area (Å²) in [6.45, 7) is 0. The minimum Gasteiger partial charge on any atom is -0.294 e. The van der Waals surface area contributed by atoms with Gasteiger partial charge in [0.15, 0.2) is 5.78 Å². The van der Waals surface area contributed by atoms with Crippen molar-refractivity contribution in [1.82, 2.24) is 4.98 Å². The largest absolute Gasteiger partial charge is 0.294 e. The lowest BCUT2D eigenvalue weighted by Crippen LogP contribution is -2.05. The molecular weight excluding hydrogens is 232 g/mol. The molecular formula is C13H10N2O3. The molecule has 0 N–H and O–H groups in total. The molecule has 2 aromatic rings. The molecule has 0 unspecified atom stereocenters. The van der Waals surface area contributed by atoms with Crippen LogP contribution in [0.1, 0.15) is 15.9 Å². The Balaban J connectivity index is 2.25. The second-order valence-electron chi connectivity index (χ2n) is 3.72. The molecule has 0 bridgehead atoms. The normalized spacial score (nSPS) is 10.0. The fraction of sp³-hybridized carbons (Fsp3) is 0.0769. The van der Waals surface area contributed by atoms with Crippen molar-refractivity contribution in [2.24, 2.45) is 0 Å². The van der Waals surface area contributed by atoms with Crippen LogP contribution in [-0.4, -0.2) is 15.7 Å². The molecule has 0 fully saturated rings. The van der Waals surface area contributed by atoms with Crippen LogP contribution in [0, 0.1) is 10.1 Å². The zero-order chi connectivity index (χ0) is 13.0. The molecule has 0 aliphatic heterocycles. The number of nitro benzene ring substituents is 1. The van der Waals surface area contributed by atoms with E-state index in [4.69, 9.17) is 0 Å². The Morgan fingerprint density at radius 3 is 2.50 bits per heavy atom. The second kappa shape index (κ2) is 5.18. The zero-order valence-corrected chi connectivity index (χ0v) is 9.45. The molecule has 0 saturated heterocycles. The van der Waals surface area contributed by atoms with Gasteiger partial charge in [-0.3, -0.25) is 19.9 Å². The van der Waals surface area contributed by atoms with Crippen molar-refractivity contribution in [3.05, 3.63) is 70.0 Å². The summed E-state index contributed by atoms with van der Waals surface area (Å²) in [5.41, 5.74) is 0.896. The Bertz CT molecular complexity index is 582. The highest BCUT2D eigenvalue weighted by molar-refractivity contribution is 5.97. The molecule has 1 aromatic heterocycles. The van der Waals surface area contributed by atoms with Crippen molar-refractivity contribution < 1.29 is 9.72 Å². The summed E-state index contributed by atoms with van der Waals surface area (Å²) in [7, 11) is 0. The SMILES string of the molecule is O=C(Cc1ccccc1[N+](=O)[O-])c1ccncc1. The van der Waals surface area contributed by atoms with E-state index < -0.39 is 4.92 Å². The van der Waals surface area contributed by atoms with Crippen LogP contribution in [0.4, 0.5) is 5.69 Å². The number of nitro groups is 1. The quantitative estimate of drug-likeness (QED) is 0.469. The Labute approximate surface area is 103 Å². The summed E-state index contributed by atoms with van der Waals surface area (Å²) in [6.07, 6.45) is 3.06. The first-order chi connectivity index (χ1) is 8.68. The molecule has 5 nitrogen and oxygen atoms in total. The maximum atomic E-state index is 11.9. The van der Waals surface area contributed by atoms with Gasteiger partial charge in [-0.25, -0.2) is 0 Å². The van der Waals surface area contributed by atoms with Crippen LogP contribution in [0.25, 0.3) is 0 Å². The third-order valence-corrected chi connectivity index (χ3v) is 2.54. The standard InChI is InChI=1S/C13H10N2O3/c16-13(10-5-7-14-8-6-10)9-11-3-1-2-4-12(11)15(17)18/h1-8H,9H2. The predicted octanol–water partition coefficient (Wildman–Crippen LogP) is 2.42. The van der Waals surface area contributed by atoms with Crippen molar-refractivity contribution in [3.63, 3.8) is 0 Å². The molecule has 2 rings (SSSR count). The number of rotatable bonds is 4. The van der Waals surface area contributed by atoms with Crippen molar-refractivity contribution in [2.45, 2.75) is 6.42 Å². The van der Waals surface area contributed by atoms with E-state index in [1.165, 1.54) is 18.5 Å². The maximum absolute atomic E-state index is 11.9. The summed E-state index contributed by atoms with van der Waals surface area (Å²) in [5.74, 6) is -0.160. The zero-order valence-electron chi connectivity index (χ0n) is 9.45. The summed E-state index contributed by atoms with van der Waals surface area (Å²) < 4.78 is 0. The molecule has 5 heteroatoms. The number of Topliss-reactive ketones (excluding diaryl/α,β-unsaturated/α-hetero) is 1. The van der Waals surface area contributed by atoms with Gasteiger partial charge in [0, 0.05) is 36.0 Å². The maximum Gasteiger partial charge on any atom is 0.273 e. The third kappa shape index (κ3) is 2.57. The van der Waals surface area contributed by atoms with Crippen LogP contribution in [0.2, 0.25) is 0 Å². The van der Waals surface area contributed by atoms with E-state index in [-0.39, 0.29) is 17.9 Å². The van der Waals surface area contributed by atoms with Crippen LogP contribution >= 0.6 is 0 Å². The summed E-state index contributed by atoms with van der Waals surface area (Å²) in [6, 6.07) is 9.45. The molecule has 18 heavy (non-hydrogen) atoms. The number of hydrogen-bond acceptors (Lipinski definition) is 4. The number of nitrogens with zero attached hydrogens (tertiary/aromatic N) is 2. The second-order valence-corrected chi connectivity index (χ2v) is 3.72. The molecule has 90 valence electrons. The van der Waals surface area contributed by atoms with Gasteiger partial charge in [0.1, 0.15) is 0 Å². The van der Waals surface area contributed by atoms with E-state index in [1.807, 2.05) is 0 Å². The topological polar surface area (TPSA) is 73.1 Å². The molecule has 0 aliphatic rings. The van der Waals surface area contributed by atoms with Crippen molar-refractivity contribution in [1.29, 1.82) is 0 Å². The highest BCUT2D eigenvalue weighted by atomic mass is 16.6. The molecule has 0 aliphatic carbocycles. The number of benzene rings is 1. The van der Waals surface area contributed by atoms with Crippen LogP contribution in [0.15, 0.2) is 48.8 Å². The number of ketones is 1. The number of carbonyl (C=O) groups excluding carboxylic acids is 1. The number of para-hydroxylation sites is 1. The molecule has 0 amide bonds. The predicted molar refractivity (Wildman–Crippen MR) is 65.4 cm³/mol. The average Bonchev–Trinajstić information content (AvgIpc) is 2.40. The van der Waals surface area contributed by atoms with Crippen molar-refractivity contribution in [2.75, 3.05) is 0 Å². The first-order valence-electron chi connectivity index (χ1n) is 5.34. The fourth-order valence-corrected chi connectivity index (χ4v) is 1.65. The van der Waals surface area contributed by atoms with Crippen molar-refractivity contribution >= 4 is 11.5 Å². The summed E-state index contributed by atoms with van der Waals surface area (Å²) >= 11 is 0. The molecule has 1 heterocycles. The average molecular weight is 242 g/mol. The van der Waals surface area contributed by atoms with Gasteiger partial charge in [0.05, 0.1) is 4.92 Å². The van der Waals surface area contributed by atoms with Gasteiger partial charge in [-0.2, -0.15) is 0 Å². The Morgan fingerprint density at radius 2 is 1.83 bits per heavy atom. The summed E-state index contributed by atoms with van der Waals surface area (Å²) in [5, 5.41) is 10.8. The molecule has 1 aromatic carbocycles. The third-order valence-electron chi connectivity index (χ3n) is 2.54. The van der Waals surface area contributed by atoms with Crippen LogP contribution in [0.3, 0.4) is 0 Å². The van der Waals surface area contributed by atoms with E-state index in [0.29, 0.717) is 11.1 Å². The van der Waals surface area contributed by atoms with E-state index in [9.17, 15) is 14.9 Å². The Hall–Kier alpha value is -2.56. The van der Waals surface area contributed by atoms with E-state index >= 15 is 0 Å². The van der Waals surface area contributed by atoms with Gasteiger partial charge in [-0.05, 0) is 12.1 Å². The van der Waals surface area contributed by atoms with Gasteiger partial charge in [0.25, 0.3) is 5.69 Å². The van der Waals surface area contributed by atoms with Crippen LogP contribution in [-0.2, 0) is 6.42 Å². The highest BCUT2D eigenvalue weighted by Gasteiger charge is 2.16. The highest BCUT2D eigenvalue weighted by Crippen LogP contribution is 2.19. The number of hydrogen-bond donors (Lipinski definition) is 0. The molecule has 0 spiro atoms. The lowest BCUT2D eigenvalue weighted by molar-refractivity contribution is -0.385. The van der Waals surface area contributed by atoms with E-state index in [1.54, 1.807) is 30.3 Å². The number of carbonyl (C=O) groups is 1. The fourth-order valence-electron chi connectivity index (χ4n) is 1.65. The van der Waals surface area contributed by atoms with E-state index in [2.05, 4.69) is 4.98 Å². The Morgan fingerprint density at radius 1 is 1.17 bits per heavy atom. The molecule has 0 saturated carbocycles. The summed E-state index contributed by atoms with van der Waals surface area (Å²) in [4.78, 5) is 26.1. The minimum atomic E-state index is -0.477. The minimum absolute atomic E-state index is 0.0150. The number of pyridine rings is 1. The lowest BCUT2D eigenvalue weighted by atomic mass is 10.0. The van der Waals surface area contributed by atoms with Crippen LogP contribution < -0.4 is 0 Å². The van der Waals surface area contributed by atoms with Crippen molar-refractivity contribution in [3.8, 4) is 0 Å². The monoisotopic (exact) mass is 242 g/mol. The van der Waals surface area contributed by atoms with Crippen LogP contribution in [0.5, 0.6) is 0 Å². The molecule has 0 radical (unpaired) electrons. The van der Waals surface area contributed by atoms with Gasteiger partial charge in [-0.15, -0.1) is 0 Å². The Kier molecular flexibility index (Phi) is 3.43. The lowest BCUT2D eigenvalue weighted by Gasteiger charge is -2.02. The van der Waals surface area contributed by atoms with Gasteiger partial charge >= 0.3 is 0 Å². The molecule has 0 atom stereocenters. The van der Waals surface area contributed by atoms with Gasteiger partial charge in [0.2, 0.25) is 0 Å². The first-order valence-corrected chi connectivity index (χ1v) is 5.34.